The molecule has 1 aliphatic carbocycles. The minimum absolute atomic E-state index is 0.00714. The Bertz CT molecular complexity index is 1010. The zero-order valence-electron chi connectivity index (χ0n) is 18.3. The van der Waals surface area contributed by atoms with Crippen LogP contribution in [0, 0.1) is 20.2 Å². The molecular weight excluding hydrogens is 440 g/mol. The van der Waals surface area contributed by atoms with Crippen LogP contribution in [0.1, 0.15) is 36.8 Å². The number of benzene rings is 2. The Morgan fingerprint density at radius 1 is 0.676 bits per heavy atom. The molecule has 0 radical (unpaired) electrons. The minimum Gasteiger partial charge on any atom is -0.350 e. The molecule has 0 aromatic heterocycles. The number of rotatable bonds is 8. The Kier molecular flexibility index (Phi) is 8.22. The predicted octanol–water partition coefficient (Wildman–Crippen LogP) is 3.77. The lowest BCUT2D eigenvalue weighted by Crippen LogP contribution is -2.43. The molecule has 34 heavy (non-hydrogen) atoms. The molecule has 0 aliphatic heterocycles. The van der Waals surface area contributed by atoms with Crippen LogP contribution < -0.4 is 10.6 Å². The smallest absolute Gasteiger partial charge is 0.269 e. The molecule has 2 aromatic rings. The van der Waals surface area contributed by atoms with Crippen molar-refractivity contribution in [3.63, 3.8) is 0 Å². The van der Waals surface area contributed by atoms with Crippen molar-refractivity contribution < 1.29 is 19.4 Å². The van der Waals surface area contributed by atoms with Crippen LogP contribution in [0.15, 0.2) is 60.7 Å². The quantitative estimate of drug-likeness (QED) is 0.346. The van der Waals surface area contributed by atoms with Crippen molar-refractivity contribution in [2.45, 2.75) is 37.8 Å². The number of nitro benzene ring substituents is 2. The van der Waals surface area contributed by atoms with E-state index in [1.165, 1.54) is 36.4 Å². The summed E-state index contributed by atoms with van der Waals surface area (Å²) in [4.78, 5) is 44.8. The first-order valence-corrected chi connectivity index (χ1v) is 10.8. The number of nitrogens with zero attached hydrogens (tertiary/aromatic N) is 2. The highest BCUT2D eigenvalue weighted by atomic mass is 16.6. The topological polar surface area (TPSA) is 144 Å². The average molecular weight is 464 g/mol. The molecule has 10 nitrogen and oxygen atoms in total. The van der Waals surface area contributed by atoms with E-state index >= 15 is 0 Å². The summed E-state index contributed by atoms with van der Waals surface area (Å²) in [5.74, 6) is -0.478. The fourth-order valence-corrected chi connectivity index (χ4v) is 3.64. The van der Waals surface area contributed by atoms with Crippen LogP contribution >= 0.6 is 0 Å². The van der Waals surface area contributed by atoms with Crippen molar-refractivity contribution in [1.82, 2.24) is 10.6 Å². The molecule has 2 amide bonds. The molecule has 176 valence electrons. The molecule has 0 atom stereocenters. The molecule has 0 bridgehead atoms. The summed E-state index contributed by atoms with van der Waals surface area (Å²) >= 11 is 0. The lowest BCUT2D eigenvalue weighted by Gasteiger charge is -2.29. The van der Waals surface area contributed by atoms with E-state index in [0.29, 0.717) is 11.1 Å². The predicted molar refractivity (Wildman–Crippen MR) is 127 cm³/mol. The minimum atomic E-state index is -0.478. The van der Waals surface area contributed by atoms with Crippen LogP contribution in [-0.2, 0) is 9.59 Å². The second kappa shape index (κ2) is 11.5. The summed E-state index contributed by atoms with van der Waals surface area (Å²) in [5.41, 5.74) is 1.36. The van der Waals surface area contributed by atoms with Crippen molar-refractivity contribution in [3.05, 3.63) is 92.0 Å². The zero-order valence-corrected chi connectivity index (χ0v) is 18.3. The van der Waals surface area contributed by atoms with E-state index < -0.39 is 9.85 Å². The molecular formula is C24H24N4O6. The Hall–Kier alpha value is -4.34. The Labute approximate surface area is 195 Å². The standard InChI is InChI=1S/C24H24N4O6/c29-23(15-5-17-1-11-21(12-2-17)27(31)32)25-19-7-9-20(10-8-19)26-24(30)16-6-18-3-13-22(14-4-18)28(33)34/h1-6,11-16,19-20H,7-10H2,(H,25,29)(H,26,30)/b15-5-,16-6+. The van der Waals surface area contributed by atoms with Gasteiger partial charge >= 0.3 is 0 Å². The first-order chi connectivity index (χ1) is 16.3. The highest BCUT2D eigenvalue weighted by molar-refractivity contribution is 5.92. The monoisotopic (exact) mass is 464 g/mol. The van der Waals surface area contributed by atoms with Gasteiger partial charge in [0.2, 0.25) is 11.8 Å². The van der Waals surface area contributed by atoms with Crippen LogP contribution in [0.4, 0.5) is 11.4 Å². The zero-order chi connectivity index (χ0) is 24.5. The second-order valence-corrected chi connectivity index (χ2v) is 7.93. The number of nitro groups is 2. The summed E-state index contributed by atoms with van der Waals surface area (Å²) in [6, 6.07) is 11.9. The molecule has 0 heterocycles. The Balaban J connectivity index is 1.39. The SMILES string of the molecule is O=C(/C=C\c1ccc([N+](=O)[O-])cc1)NC1CCC(NC(=O)/C=C/c2ccc([N+](=O)[O-])cc2)CC1. The van der Waals surface area contributed by atoms with Gasteiger partial charge in [-0.25, -0.2) is 0 Å². The van der Waals surface area contributed by atoms with E-state index in [2.05, 4.69) is 10.6 Å². The van der Waals surface area contributed by atoms with Crippen LogP contribution in [-0.4, -0.2) is 33.7 Å². The number of hydrogen-bond acceptors (Lipinski definition) is 6. The Morgan fingerprint density at radius 2 is 1.00 bits per heavy atom. The molecule has 3 rings (SSSR count). The second-order valence-electron chi connectivity index (χ2n) is 7.93. The highest BCUT2D eigenvalue weighted by Gasteiger charge is 2.22. The van der Waals surface area contributed by atoms with Gasteiger partial charge in [0.05, 0.1) is 9.85 Å². The van der Waals surface area contributed by atoms with Crippen LogP contribution in [0.25, 0.3) is 12.2 Å². The van der Waals surface area contributed by atoms with Crippen molar-refractivity contribution in [3.8, 4) is 0 Å². The van der Waals surface area contributed by atoms with Gasteiger partial charge in [0, 0.05) is 48.5 Å². The van der Waals surface area contributed by atoms with E-state index in [4.69, 9.17) is 0 Å². The average Bonchev–Trinajstić information content (AvgIpc) is 2.83. The number of hydrogen-bond donors (Lipinski definition) is 2. The normalized spacial score (nSPS) is 18.0. The number of carbonyl (C=O) groups excluding carboxylic acids is 2. The van der Waals surface area contributed by atoms with Gasteiger partial charge < -0.3 is 10.6 Å². The number of amides is 2. The molecule has 10 heteroatoms. The van der Waals surface area contributed by atoms with E-state index in [9.17, 15) is 29.8 Å². The summed E-state index contributed by atoms with van der Waals surface area (Å²) in [6.07, 6.45) is 8.92. The van der Waals surface area contributed by atoms with Crippen molar-refractivity contribution in [1.29, 1.82) is 0 Å². The number of non-ortho nitro benzene ring substituents is 2. The maximum atomic E-state index is 12.2. The largest absolute Gasteiger partial charge is 0.350 e. The third-order valence-electron chi connectivity index (χ3n) is 5.48. The van der Waals surface area contributed by atoms with Gasteiger partial charge in [-0.3, -0.25) is 29.8 Å². The summed E-state index contributed by atoms with van der Waals surface area (Å²) in [6.45, 7) is 0. The van der Waals surface area contributed by atoms with E-state index in [1.807, 2.05) is 0 Å². The van der Waals surface area contributed by atoms with Crippen LogP contribution in [0.5, 0.6) is 0 Å². The van der Waals surface area contributed by atoms with E-state index in [-0.39, 0.29) is 35.3 Å². The summed E-state index contributed by atoms with van der Waals surface area (Å²) < 4.78 is 0. The third kappa shape index (κ3) is 7.37. The van der Waals surface area contributed by atoms with Gasteiger partial charge in [0.25, 0.3) is 11.4 Å². The third-order valence-corrected chi connectivity index (χ3v) is 5.48. The molecule has 0 spiro atoms. The number of nitrogens with one attached hydrogen (secondary N) is 2. The highest BCUT2D eigenvalue weighted by Crippen LogP contribution is 2.19. The first-order valence-electron chi connectivity index (χ1n) is 10.8. The van der Waals surface area contributed by atoms with Gasteiger partial charge in [-0.15, -0.1) is 0 Å². The lowest BCUT2D eigenvalue weighted by atomic mass is 9.91. The van der Waals surface area contributed by atoms with Crippen molar-refractivity contribution >= 4 is 35.3 Å². The van der Waals surface area contributed by atoms with Gasteiger partial charge in [-0.2, -0.15) is 0 Å². The van der Waals surface area contributed by atoms with Crippen molar-refractivity contribution in [2.24, 2.45) is 0 Å². The van der Waals surface area contributed by atoms with Crippen LogP contribution in [0.3, 0.4) is 0 Å². The first kappa shape index (κ1) is 24.3. The molecule has 1 aliphatic rings. The molecule has 0 saturated heterocycles. The maximum absolute atomic E-state index is 12.2. The number of carbonyl (C=O) groups is 2. The van der Waals surface area contributed by atoms with Crippen molar-refractivity contribution in [2.75, 3.05) is 0 Å². The maximum Gasteiger partial charge on any atom is 0.269 e. The fraction of sp³-hybridized carbons (Fsp3) is 0.250. The van der Waals surface area contributed by atoms with E-state index in [1.54, 1.807) is 36.4 Å². The lowest BCUT2D eigenvalue weighted by molar-refractivity contribution is -0.385. The molecule has 0 unspecified atom stereocenters. The molecule has 1 saturated carbocycles. The van der Waals surface area contributed by atoms with Gasteiger partial charge in [-0.05, 0) is 73.2 Å². The molecule has 2 N–H and O–H groups in total. The van der Waals surface area contributed by atoms with Gasteiger partial charge in [0.1, 0.15) is 0 Å². The fourth-order valence-electron chi connectivity index (χ4n) is 3.64. The summed E-state index contributed by atoms with van der Waals surface area (Å²) in [5, 5.41) is 27.2. The van der Waals surface area contributed by atoms with Crippen LogP contribution in [0.2, 0.25) is 0 Å². The van der Waals surface area contributed by atoms with E-state index in [0.717, 1.165) is 25.7 Å². The Morgan fingerprint density at radius 3 is 1.29 bits per heavy atom. The van der Waals surface area contributed by atoms with Gasteiger partial charge in [0.15, 0.2) is 0 Å². The molecule has 1 fully saturated rings. The van der Waals surface area contributed by atoms with Gasteiger partial charge in [-0.1, -0.05) is 0 Å². The summed E-state index contributed by atoms with van der Waals surface area (Å²) in [7, 11) is 0. The molecule has 2 aromatic carbocycles.